The molecule has 1 saturated heterocycles. The maximum atomic E-state index is 13.4. The lowest BCUT2D eigenvalue weighted by Crippen LogP contribution is -2.27. The van der Waals surface area contributed by atoms with Crippen molar-refractivity contribution in [3.05, 3.63) is 93.1 Å². The standard InChI is InChI=1S/C25H18N4O5S2/c30-23-17(11-20-24(31)29(25(35)36-20)13-16-4-3-9-32-16)22(27-21-5-1-2-8-28(21)23)26-12-15-6-7-18-19(10-15)34-14-33-18/h1-11,26H,12-14H2. The van der Waals surface area contributed by atoms with E-state index in [1.54, 1.807) is 42.8 Å². The summed E-state index contributed by atoms with van der Waals surface area (Å²) in [5.41, 5.74) is 1.37. The summed E-state index contributed by atoms with van der Waals surface area (Å²) in [6, 6.07) is 14.5. The van der Waals surface area contributed by atoms with Crippen molar-refractivity contribution in [3.63, 3.8) is 0 Å². The van der Waals surface area contributed by atoms with Crippen molar-refractivity contribution in [1.82, 2.24) is 14.3 Å². The molecule has 5 heterocycles. The topological polar surface area (TPSA) is 98.3 Å². The van der Waals surface area contributed by atoms with Gasteiger partial charge in [-0.1, -0.05) is 36.1 Å². The molecule has 3 aromatic heterocycles. The number of nitrogens with zero attached hydrogens (tertiary/aromatic N) is 3. The molecule has 0 spiro atoms. The van der Waals surface area contributed by atoms with E-state index in [9.17, 15) is 9.59 Å². The first kappa shape index (κ1) is 22.4. The molecule has 1 amide bonds. The van der Waals surface area contributed by atoms with E-state index in [1.165, 1.54) is 9.30 Å². The minimum absolute atomic E-state index is 0.192. The number of anilines is 1. The highest BCUT2D eigenvalue weighted by Crippen LogP contribution is 2.35. The van der Waals surface area contributed by atoms with Gasteiger partial charge in [0.25, 0.3) is 11.5 Å². The Morgan fingerprint density at radius 3 is 2.86 bits per heavy atom. The minimum atomic E-state index is -0.301. The number of thioether (sulfide) groups is 1. The summed E-state index contributed by atoms with van der Waals surface area (Å²) >= 11 is 6.57. The fourth-order valence-corrected chi connectivity index (χ4v) is 5.17. The van der Waals surface area contributed by atoms with Crippen LogP contribution in [0.2, 0.25) is 0 Å². The Morgan fingerprint density at radius 2 is 2.00 bits per heavy atom. The van der Waals surface area contributed by atoms with Gasteiger partial charge >= 0.3 is 0 Å². The number of benzene rings is 1. The third kappa shape index (κ3) is 4.12. The van der Waals surface area contributed by atoms with Crippen LogP contribution >= 0.6 is 24.0 Å². The average Bonchev–Trinajstić information content (AvgIpc) is 3.63. The Kier molecular flexibility index (Phi) is 5.70. The van der Waals surface area contributed by atoms with Gasteiger partial charge in [-0.15, -0.1) is 0 Å². The van der Waals surface area contributed by atoms with Gasteiger partial charge in [0, 0.05) is 12.7 Å². The molecule has 2 aliphatic rings. The zero-order chi connectivity index (χ0) is 24.6. The van der Waals surface area contributed by atoms with Gasteiger partial charge in [-0.3, -0.25) is 18.9 Å². The summed E-state index contributed by atoms with van der Waals surface area (Å²) in [7, 11) is 0. The molecule has 0 aliphatic carbocycles. The summed E-state index contributed by atoms with van der Waals surface area (Å²) in [6.07, 6.45) is 4.74. The number of hydrogen-bond acceptors (Lipinski definition) is 9. The summed E-state index contributed by atoms with van der Waals surface area (Å²) in [6.45, 7) is 0.795. The molecule has 6 rings (SSSR count). The molecule has 0 saturated carbocycles. The minimum Gasteiger partial charge on any atom is -0.467 e. The molecule has 0 radical (unpaired) electrons. The summed E-state index contributed by atoms with van der Waals surface area (Å²) in [5.74, 6) is 2.05. The monoisotopic (exact) mass is 518 g/mol. The van der Waals surface area contributed by atoms with Crippen LogP contribution in [0.1, 0.15) is 16.9 Å². The normalized spacial score (nSPS) is 15.9. The number of furan rings is 1. The van der Waals surface area contributed by atoms with Crippen LogP contribution in [0.3, 0.4) is 0 Å². The van der Waals surface area contributed by atoms with Crippen LogP contribution in [0, 0.1) is 0 Å². The molecule has 2 aliphatic heterocycles. The van der Waals surface area contributed by atoms with Gasteiger partial charge in [-0.2, -0.15) is 0 Å². The fourth-order valence-electron chi connectivity index (χ4n) is 3.93. The summed E-state index contributed by atoms with van der Waals surface area (Å²) in [4.78, 5) is 33.1. The molecule has 1 N–H and O–H groups in total. The lowest BCUT2D eigenvalue weighted by Gasteiger charge is -2.12. The number of ether oxygens (including phenoxy) is 2. The zero-order valence-corrected chi connectivity index (χ0v) is 20.3. The van der Waals surface area contributed by atoms with Crippen molar-refractivity contribution >= 4 is 51.7 Å². The zero-order valence-electron chi connectivity index (χ0n) is 18.7. The van der Waals surface area contributed by atoms with Crippen LogP contribution in [-0.4, -0.2) is 31.3 Å². The predicted molar refractivity (Wildman–Crippen MR) is 139 cm³/mol. The first-order valence-corrected chi connectivity index (χ1v) is 12.2. The molecule has 11 heteroatoms. The third-order valence-electron chi connectivity index (χ3n) is 5.71. The number of thiocarbonyl (C=S) groups is 1. The Hall–Kier alpha value is -4.09. The van der Waals surface area contributed by atoms with Gasteiger partial charge in [-0.25, -0.2) is 4.98 Å². The number of hydrogen-bond donors (Lipinski definition) is 1. The van der Waals surface area contributed by atoms with Crippen molar-refractivity contribution in [1.29, 1.82) is 0 Å². The van der Waals surface area contributed by atoms with Gasteiger partial charge in [0.15, 0.2) is 11.5 Å². The van der Waals surface area contributed by atoms with Gasteiger partial charge in [0.05, 0.1) is 23.3 Å². The van der Waals surface area contributed by atoms with E-state index in [1.807, 2.05) is 24.3 Å². The van der Waals surface area contributed by atoms with Gasteiger partial charge in [-0.05, 0) is 48.0 Å². The van der Waals surface area contributed by atoms with E-state index >= 15 is 0 Å². The molecule has 36 heavy (non-hydrogen) atoms. The average molecular weight is 519 g/mol. The van der Waals surface area contributed by atoms with Crippen LogP contribution in [0.4, 0.5) is 5.82 Å². The molecular weight excluding hydrogens is 500 g/mol. The van der Waals surface area contributed by atoms with Gasteiger partial charge in [0.2, 0.25) is 6.79 Å². The first-order valence-electron chi connectivity index (χ1n) is 11.0. The van der Waals surface area contributed by atoms with E-state index in [0.717, 1.165) is 17.3 Å². The van der Waals surface area contributed by atoms with E-state index in [2.05, 4.69) is 10.3 Å². The maximum absolute atomic E-state index is 13.4. The lowest BCUT2D eigenvalue weighted by molar-refractivity contribution is -0.122. The second-order valence-corrected chi connectivity index (χ2v) is 9.67. The highest BCUT2D eigenvalue weighted by Gasteiger charge is 2.33. The molecule has 180 valence electrons. The number of carbonyl (C=O) groups is 1. The molecule has 4 aromatic rings. The molecular formula is C25H18N4O5S2. The maximum Gasteiger partial charge on any atom is 0.267 e. The van der Waals surface area contributed by atoms with Crippen LogP contribution in [0.15, 0.2) is 75.1 Å². The van der Waals surface area contributed by atoms with Crippen molar-refractivity contribution in [3.8, 4) is 11.5 Å². The number of amides is 1. The predicted octanol–water partition coefficient (Wildman–Crippen LogP) is 4.03. The summed E-state index contributed by atoms with van der Waals surface area (Å²) < 4.78 is 18.0. The first-order chi connectivity index (χ1) is 17.6. The van der Waals surface area contributed by atoms with Crippen LogP contribution in [-0.2, 0) is 17.9 Å². The van der Waals surface area contributed by atoms with E-state index in [-0.39, 0.29) is 30.4 Å². The molecule has 1 aromatic carbocycles. The number of nitrogens with one attached hydrogen (secondary N) is 1. The highest BCUT2D eigenvalue weighted by molar-refractivity contribution is 8.26. The number of pyridine rings is 1. The third-order valence-corrected chi connectivity index (χ3v) is 7.09. The number of rotatable bonds is 6. The molecule has 0 unspecified atom stereocenters. The largest absolute Gasteiger partial charge is 0.467 e. The van der Waals surface area contributed by atoms with E-state index < -0.39 is 0 Å². The van der Waals surface area contributed by atoms with Crippen molar-refractivity contribution in [2.45, 2.75) is 13.1 Å². The summed E-state index contributed by atoms with van der Waals surface area (Å²) in [5, 5.41) is 3.25. The van der Waals surface area contributed by atoms with Crippen molar-refractivity contribution in [2.75, 3.05) is 12.1 Å². The Morgan fingerprint density at radius 1 is 1.11 bits per heavy atom. The van der Waals surface area contributed by atoms with Gasteiger partial charge in [0.1, 0.15) is 21.5 Å². The lowest BCUT2D eigenvalue weighted by atomic mass is 10.2. The van der Waals surface area contributed by atoms with Crippen molar-refractivity contribution in [2.24, 2.45) is 0 Å². The second kappa shape index (κ2) is 9.17. The van der Waals surface area contributed by atoms with Gasteiger partial charge < -0.3 is 19.2 Å². The number of aromatic nitrogens is 2. The number of carbonyl (C=O) groups excluding carboxylic acids is 1. The van der Waals surface area contributed by atoms with E-state index in [4.69, 9.17) is 26.1 Å². The van der Waals surface area contributed by atoms with E-state index in [0.29, 0.717) is 44.5 Å². The van der Waals surface area contributed by atoms with Crippen LogP contribution < -0.4 is 20.3 Å². The Balaban J connectivity index is 1.35. The van der Waals surface area contributed by atoms with Crippen LogP contribution in [0.5, 0.6) is 11.5 Å². The Bertz CT molecular complexity index is 1600. The quantitative estimate of drug-likeness (QED) is 0.300. The fraction of sp³-hybridized carbons (Fsp3) is 0.120. The van der Waals surface area contributed by atoms with Crippen molar-refractivity contribution < 1.29 is 18.7 Å². The SMILES string of the molecule is O=C1C(=Cc2c(NCc3ccc4c(c3)OCO4)nc3ccccn3c2=O)SC(=S)N1Cc1ccco1. The number of fused-ring (bicyclic) bond motifs is 2. The molecule has 1 fully saturated rings. The highest BCUT2D eigenvalue weighted by atomic mass is 32.2. The molecule has 0 atom stereocenters. The second-order valence-electron chi connectivity index (χ2n) is 8.00. The smallest absolute Gasteiger partial charge is 0.267 e. The van der Waals surface area contributed by atoms with Crippen LogP contribution in [0.25, 0.3) is 11.7 Å². The molecule has 9 nitrogen and oxygen atoms in total. The molecule has 0 bridgehead atoms. The Labute approximate surface area is 214 Å².